The second kappa shape index (κ2) is 18.7. The van der Waals surface area contributed by atoms with Gasteiger partial charge in [-0.2, -0.15) is 0 Å². The molecule has 63 heavy (non-hydrogen) atoms. The van der Waals surface area contributed by atoms with Gasteiger partial charge in [-0.1, -0.05) is 6.08 Å². The molecule has 3 aliphatic rings. The first kappa shape index (κ1) is 46.4. The van der Waals surface area contributed by atoms with E-state index < -0.39 is 115 Å². The lowest BCUT2D eigenvalue weighted by molar-refractivity contribution is -0.353. The van der Waals surface area contributed by atoms with Gasteiger partial charge >= 0.3 is 11.9 Å². The number of esters is 1. The summed E-state index contributed by atoms with van der Waals surface area (Å²) in [6, 6.07) is 4.53. The third-order valence-electron chi connectivity index (χ3n) is 10.6. The number of ether oxygens (including phenoxy) is 4. The van der Waals surface area contributed by atoms with Crippen molar-refractivity contribution in [1.82, 2.24) is 5.32 Å². The Morgan fingerprint density at radius 1 is 0.921 bits per heavy atom. The monoisotopic (exact) mass is 889 g/mol. The molecule has 11 atom stereocenters. The normalized spacial score (nSPS) is 29.4. The minimum atomic E-state index is -2.78. The number of guanidine groups is 1. The number of hydrogen-bond donors (Lipinski definition) is 15. The lowest BCUT2D eigenvalue weighted by atomic mass is 9.89. The Bertz CT molecular complexity index is 2370. The zero-order valence-corrected chi connectivity index (χ0v) is 32.9. The van der Waals surface area contributed by atoms with E-state index in [1.807, 2.05) is 0 Å². The van der Waals surface area contributed by atoms with Crippen molar-refractivity contribution >= 4 is 28.9 Å². The highest BCUT2D eigenvalue weighted by Gasteiger charge is 2.59. The van der Waals surface area contributed by atoms with E-state index in [0.29, 0.717) is 5.57 Å². The molecular formula is C39H47N5O19. The first-order valence-electron chi connectivity index (χ1n) is 19.2. The van der Waals surface area contributed by atoms with Gasteiger partial charge in [-0.3, -0.25) is 9.79 Å². The van der Waals surface area contributed by atoms with Gasteiger partial charge in [0.1, 0.15) is 64.9 Å². The average molecular weight is 890 g/mol. The highest BCUT2D eigenvalue weighted by Crippen LogP contribution is 2.42. The van der Waals surface area contributed by atoms with Gasteiger partial charge in [0.05, 0.1) is 6.17 Å². The number of carbonyl (C=O) groups excluding carboxylic acids is 1. The van der Waals surface area contributed by atoms with Gasteiger partial charge in [-0.05, 0) is 36.6 Å². The number of carbonyl (C=O) groups is 2. The summed E-state index contributed by atoms with van der Waals surface area (Å²) in [7, 11) is 0. The lowest BCUT2D eigenvalue weighted by Crippen LogP contribution is -2.68. The predicted octanol–water partition coefficient (Wildman–Crippen LogP) is -3.97. The molecule has 0 bridgehead atoms. The molecule has 24 heteroatoms. The summed E-state index contributed by atoms with van der Waals surface area (Å²) in [6.45, 7) is -0.602. The topological polar surface area (TPSA) is 426 Å². The Hall–Kier alpha value is -6.06. The second-order valence-electron chi connectivity index (χ2n) is 14.9. The van der Waals surface area contributed by atoms with Crippen LogP contribution in [0.1, 0.15) is 24.0 Å². The number of aliphatic hydroxyl groups is 7. The molecule has 0 amide bonds. The van der Waals surface area contributed by atoms with Gasteiger partial charge in [0.15, 0.2) is 35.1 Å². The van der Waals surface area contributed by atoms with E-state index >= 15 is 0 Å². The molecule has 2 fully saturated rings. The van der Waals surface area contributed by atoms with Crippen molar-refractivity contribution in [2.45, 2.75) is 92.8 Å². The number of phenolic OH excluding ortho intramolecular Hbond substituents is 3. The number of dihydropyridines is 1. The number of fused-ring (bicyclic) bond motifs is 1. The number of aromatic hydroxyl groups is 3. The van der Waals surface area contributed by atoms with E-state index in [1.165, 1.54) is 12.3 Å². The lowest BCUT2D eigenvalue weighted by Gasteiger charge is -2.47. The standard InChI is InChI=1S/C39H47N5O19/c40-23-3-2-14(13-44-23)8-17-21(12-22-24(26(17)49)18(46)11-20(59-22)16-9-15(4-7-45)25(48)19(47)10-16)60-37-31(54)27(50)28(51)33(61-37)36(58)63-39(5-1-6-43-38(41)42)34(55)30(53)29(52)32(62-39)35(56)57/h2-3,9-13,23,27-34,37,44-45,47-55H,1,4-8,40H2,(H,56,57)(H4,41,42,43)/t23?,27-,28-,29-,30-,31+,32-,33-,34+,37-,39+/m0/s1. The first-order valence-corrected chi connectivity index (χ1v) is 19.2. The molecule has 2 saturated heterocycles. The molecule has 4 heterocycles. The minimum absolute atomic E-state index is 0.0703. The van der Waals surface area contributed by atoms with Crippen LogP contribution in [0.15, 0.2) is 62.4 Å². The fourth-order valence-corrected chi connectivity index (χ4v) is 7.26. The summed E-state index contributed by atoms with van der Waals surface area (Å²) in [5.74, 6) is -9.01. The number of carboxylic acids is 1. The maximum atomic E-state index is 13.9. The number of rotatable bonds is 14. The Labute approximate surface area is 354 Å². The van der Waals surface area contributed by atoms with Crippen LogP contribution in [0.2, 0.25) is 0 Å². The highest BCUT2D eigenvalue weighted by molar-refractivity contribution is 5.88. The van der Waals surface area contributed by atoms with Crippen LogP contribution >= 0.6 is 0 Å². The summed E-state index contributed by atoms with van der Waals surface area (Å²) in [4.78, 5) is 43.3. The van der Waals surface area contributed by atoms with Crippen LogP contribution < -0.4 is 32.7 Å². The van der Waals surface area contributed by atoms with Crippen molar-refractivity contribution in [3.63, 3.8) is 0 Å². The molecule has 0 saturated carbocycles. The summed E-state index contributed by atoms with van der Waals surface area (Å²) < 4.78 is 28.5. The van der Waals surface area contributed by atoms with Crippen LogP contribution in [0, 0.1) is 0 Å². The van der Waals surface area contributed by atoms with E-state index in [-0.39, 0.29) is 70.9 Å². The van der Waals surface area contributed by atoms with Crippen molar-refractivity contribution in [3.8, 4) is 34.3 Å². The average Bonchev–Trinajstić information content (AvgIpc) is 3.23. The van der Waals surface area contributed by atoms with Gasteiger partial charge in [-0.15, -0.1) is 0 Å². The number of aliphatic hydroxyl groups excluding tert-OH is 7. The van der Waals surface area contributed by atoms with E-state index in [2.05, 4.69) is 10.3 Å². The van der Waals surface area contributed by atoms with E-state index in [4.69, 9.17) is 40.6 Å². The van der Waals surface area contributed by atoms with Crippen molar-refractivity contribution in [3.05, 3.63) is 69.5 Å². The quantitative estimate of drug-likeness (QED) is 0.0241. The Morgan fingerprint density at radius 3 is 2.29 bits per heavy atom. The molecule has 3 aliphatic heterocycles. The van der Waals surface area contributed by atoms with Crippen LogP contribution in [-0.2, 0) is 36.6 Å². The van der Waals surface area contributed by atoms with Gasteiger partial charge in [0.25, 0.3) is 0 Å². The first-order chi connectivity index (χ1) is 29.8. The maximum absolute atomic E-state index is 13.9. The van der Waals surface area contributed by atoms with Crippen molar-refractivity contribution in [1.29, 1.82) is 0 Å². The summed E-state index contributed by atoms with van der Waals surface area (Å²) in [5, 5.41) is 119. The summed E-state index contributed by atoms with van der Waals surface area (Å²) in [5.41, 5.74) is 16.0. The van der Waals surface area contributed by atoms with Crippen LogP contribution in [0.5, 0.6) is 23.0 Å². The molecule has 24 nitrogen and oxygen atoms in total. The number of carboxylic acid groups (broad SMARTS) is 1. The fraction of sp³-hybridized carbons (Fsp3) is 0.436. The summed E-state index contributed by atoms with van der Waals surface area (Å²) >= 11 is 0. The maximum Gasteiger partial charge on any atom is 0.340 e. The van der Waals surface area contributed by atoms with Crippen LogP contribution in [0.25, 0.3) is 22.3 Å². The third kappa shape index (κ3) is 9.49. The highest BCUT2D eigenvalue weighted by atomic mass is 16.8. The van der Waals surface area contributed by atoms with Gasteiger partial charge in [0.2, 0.25) is 12.1 Å². The van der Waals surface area contributed by atoms with Gasteiger partial charge in [0, 0.05) is 61.0 Å². The zero-order chi connectivity index (χ0) is 46.1. The Balaban J connectivity index is 1.39. The third-order valence-corrected chi connectivity index (χ3v) is 10.6. The molecule has 2 aromatic carbocycles. The molecule has 18 N–H and O–H groups in total. The van der Waals surface area contributed by atoms with E-state index in [0.717, 1.165) is 18.2 Å². The second-order valence-corrected chi connectivity index (χ2v) is 14.9. The minimum Gasteiger partial charge on any atom is -0.507 e. The number of benzene rings is 2. The number of hydrogen-bond acceptors (Lipinski definition) is 21. The molecule has 1 unspecified atom stereocenters. The number of nitrogens with two attached hydrogens (primary N) is 3. The Kier molecular flexibility index (Phi) is 13.8. The smallest absolute Gasteiger partial charge is 0.340 e. The SMILES string of the molecule is NC(N)=NCCC[C@]1(OC(=O)[C@H]2O[C@H](Oc3cc4oc(-c5cc(O)c(O)c(CCO)c5)cc(=O)c4c(O)c3CC3=CNC(N)C=C3)[C@H](O)[C@@H](O)[C@@H]2O)O[C@H](C(=O)O)[C@@H](O)[C@H](O)[C@H]1O. The predicted molar refractivity (Wildman–Crippen MR) is 212 cm³/mol. The number of phenols is 3. The molecule has 0 spiro atoms. The van der Waals surface area contributed by atoms with Crippen molar-refractivity contribution < 1.29 is 89.1 Å². The largest absolute Gasteiger partial charge is 0.507 e. The van der Waals surface area contributed by atoms with Crippen LogP contribution in [0.3, 0.4) is 0 Å². The number of nitrogens with zero attached hydrogens (tertiary/aromatic N) is 1. The molecule has 3 aromatic rings. The Morgan fingerprint density at radius 2 is 1.63 bits per heavy atom. The molecular weight excluding hydrogens is 842 g/mol. The summed E-state index contributed by atoms with van der Waals surface area (Å²) in [6.07, 6.45) is -17.3. The number of aliphatic imine (C=N–C) groups is 1. The van der Waals surface area contributed by atoms with E-state index in [9.17, 15) is 70.6 Å². The number of allylic oxidation sites excluding steroid dienone is 2. The van der Waals surface area contributed by atoms with Gasteiger partial charge in [-0.25, -0.2) is 9.59 Å². The van der Waals surface area contributed by atoms with Crippen molar-refractivity contribution in [2.75, 3.05) is 13.2 Å². The van der Waals surface area contributed by atoms with Crippen molar-refractivity contribution in [2.24, 2.45) is 22.2 Å². The zero-order valence-electron chi connectivity index (χ0n) is 32.9. The molecule has 1 aromatic heterocycles. The van der Waals surface area contributed by atoms with E-state index in [1.54, 1.807) is 12.2 Å². The fourth-order valence-electron chi connectivity index (χ4n) is 7.26. The number of nitrogens with one attached hydrogen (secondary N) is 1. The molecule has 0 aliphatic carbocycles. The molecule has 6 rings (SSSR count). The van der Waals surface area contributed by atoms with Crippen LogP contribution in [-0.4, -0.2) is 154 Å². The number of aliphatic carboxylic acids is 1. The molecule has 342 valence electrons. The molecule has 0 radical (unpaired) electrons. The van der Waals surface area contributed by atoms with Gasteiger partial charge < -0.3 is 102 Å². The van der Waals surface area contributed by atoms with Crippen LogP contribution in [0.4, 0.5) is 0 Å².